The van der Waals surface area contributed by atoms with Gasteiger partial charge in [0.05, 0.1) is 17.1 Å². The lowest BCUT2D eigenvalue weighted by Crippen LogP contribution is -2.52. The van der Waals surface area contributed by atoms with Crippen molar-refractivity contribution < 1.29 is 60.4 Å². The van der Waals surface area contributed by atoms with Gasteiger partial charge < -0.3 is 55.4 Å². The fourth-order valence-electron chi connectivity index (χ4n) is 2.65. The number of aliphatic hydroxyl groups is 9. The zero-order valence-electron chi connectivity index (χ0n) is 16.9. The van der Waals surface area contributed by atoms with Gasteiger partial charge in [0.15, 0.2) is 6.29 Å². The quantitative estimate of drug-likeness (QED) is 0.0693. The minimum atomic E-state index is -2.19. The predicted octanol–water partition coefficient (Wildman–Crippen LogP) is -3.44. The largest absolute Gasteiger partial charge is 0.462 e. The molecule has 0 aromatic heterocycles. The zero-order chi connectivity index (χ0) is 24.4. The SMILES string of the molecule is O=[N+]([O-])c1ccc(O[C@H](O)C(O)[C@@H](O)[C@@H](CCO)O[C@H](O)C(O)[C@@H](O)[C@@H](O)CCO)cc1. The predicted molar refractivity (Wildman–Crippen MR) is 104 cm³/mol. The van der Waals surface area contributed by atoms with Gasteiger partial charge in [-0.15, -0.1) is 0 Å². The number of benzene rings is 1. The summed E-state index contributed by atoms with van der Waals surface area (Å²) in [6.07, 6.45) is -16.2. The zero-order valence-corrected chi connectivity index (χ0v) is 16.9. The van der Waals surface area contributed by atoms with E-state index in [0.29, 0.717) is 0 Å². The summed E-state index contributed by atoms with van der Waals surface area (Å²) >= 11 is 0. The highest BCUT2D eigenvalue weighted by Gasteiger charge is 2.37. The van der Waals surface area contributed by atoms with Crippen molar-refractivity contribution in [2.24, 2.45) is 0 Å². The monoisotopic (exact) mass is 467 g/mol. The van der Waals surface area contributed by atoms with Gasteiger partial charge in [-0.3, -0.25) is 10.1 Å². The van der Waals surface area contributed by atoms with Gasteiger partial charge in [0.25, 0.3) is 5.69 Å². The number of nitro groups is 1. The summed E-state index contributed by atoms with van der Waals surface area (Å²) < 4.78 is 9.99. The average Bonchev–Trinajstić information content (AvgIpc) is 2.77. The Kier molecular flexibility index (Phi) is 11.9. The van der Waals surface area contributed by atoms with Gasteiger partial charge in [-0.2, -0.15) is 0 Å². The van der Waals surface area contributed by atoms with Crippen LogP contribution in [0.3, 0.4) is 0 Å². The third-order valence-corrected chi connectivity index (χ3v) is 4.52. The van der Waals surface area contributed by atoms with E-state index in [1.165, 1.54) is 0 Å². The van der Waals surface area contributed by atoms with Crippen molar-refractivity contribution in [2.45, 2.75) is 62.0 Å². The lowest BCUT2D eigenvalue weighted by Gasteiger charge is -2.33. The van der Waals surface area contributed by atoms with Gasteiger partial charge in [0.1, 0.15) is 30.2 Å². The minimum absolute atomic E-state index is 0.0783. The van der Waals surface area contributed by atoms with E-state index in [-0.39, 0.29) is 24.3 Å². The van der Waals surface area contributed by atoms with Crippen LogP contribution in [0.5, 0.6) is 5.75 Å². The molecule has 14 nitrogen and oxygen atoms in total. The number of rotatable bonds is 15. The summed E-state index contributed by atoms with van der Waals surface area (Å²) in [6.45, 7) is -1.11. The first-order chi connectivity index (χ1) is 15.0. The first kappa shape index (κ1) is 28.1. The summed E-state index contributed by atoms with van der Waals surface area (Å²) in [4.78, 5) is 9.99. The molecule has 14 heteroatoms. The van der Waals surface area contributed by atoms with Crippen molar-refractivity contribution in [3.05, 3.63) is 34.4 Å². The molecule has 0 amide bonds. The highest BCUT2D eigenvalue weighted by Crippen LogP contribution is 2.21. The lowest BCUT2D eigenvalue weighted by molar-refractivity contribution is -0.384. The van der Waals surface area contributed by atoms with Crippen LogP contribution in [0.1, 0.15) is 12.8 Å². The number of nitro benzene ring substituents is 1. The molecule has 9 N–H and O–H groups in total. The molecule has 0 fully saturated rings. The maximum absolute atomic E-state index is 10.6. The van der Waals surface area contributed by atoms with Gasteiger partial charge in [0.2, 0.25) is 6.29 Å². The number of non-ortho nitro benzene ring substituents is 1. The van der Waals surface area contributed by atoms with E-state index < -0.39 is 67.3 Å². The molecule has 2 unspecified atom stereocenters. The molecule has 1 aromatic rings. The fourth-order valence-corrected chi connectivity index (χ4v) is 2.65. The van der Waals surface area contributed by atoms with E-state index in [2.05, 4.69) is 0 Å². The molecular formula is C18H29NO13. The van der Waals surface area contributed by atoms with Crippen molar-refractivity contribution in [1.29, 1.82) is 0 Å². The maximum Gasteiger partial charge on any atom is 0.269 e. The third-order valence-electron chi connectivity index (χ3n) is 4.52. The molecule has 1 aromatic carbocycles. The minimum Gasteiger partial charge on any atom is -0.462 e. The van der Waals surface area contributed by atoms with Crippen molar-refractivity contribution in [2.75, 3.05) is 13.2 Å². The first-order valence-electron chi connectivity index (χ1n) is 9.58. The number of hydrogen-bond acceptors (Lipinski definition) is 13. The Morgan fingerprint density at radius 3 is 1.81 bits per heavy atom. The van der Waals surface area contributed by atoms with Crippen LogP contribution in [-0.4, -0.2) is 113 Å². The molecule has 0 bridgehead atoms. The lowest BCUT2D eigenvalue weighted by atomic mass is 10.0. The van der Waals surface area contributed by atoms with E-state index in [4.69, 9.17) is 19.7 Å². The average molecular weight is 467 g/mol. The van der Waals surface area contributed by atoms with E-state index in [1.807, 2.05) is 0 Å². The molecular weight excluding hydrogens is 438 g/mol. The molecule has 0 saturated heterocycles. The van der Waals surface area contributed by atoms with Crippen LogP contribution in [0.25, 0.3) is 0 Å². The van der Waals surface area contributed by atoms with Crippen LogP contribution in [0.15, 0.2) is 24.3 Å². The highest BCUT2D eigenvalue weighted by molar-refractivity contribution is 5.36. The molecule has 0 radical (unpaired) electrons. The maximum atomic E-state index is 10.6. The Morgan fingerprint density at radius 2 is 1.31 bits per heavy atom. The van der Waals surface area contributed by atoms with Crippen molar-refractivity contribution in [3.63, 3.8) is 0 Å². The van der Waals surface area contributed by atoms with Gasteiger partial charge in [-0.1, -0.05) is 0 Å². The summed E-state index contributed by atoms with van der Waals surface area (Å²) in [5.41, 5.74) is -0.248. The second-order valence-electron chi connectivity index (χ2n) is 6.88. The van der Waals surface area contributed by atoms with Crippen LogP contribution in [-0.2, 0) is 4.74 Å². The number of hydrogen-bond donors (Lipinski definition) is 9. The van der Waals surface area contributed by atoms with E-state index in [1.54, 1.807) is 0 Å². The van der Waals surface area contributed by atoms with E-state index >= 15 is 0 Å². The molecule has 0 aliphatic rings. The molecule has 0 aliphatic heterocycles. The second kappa shape index (κ2) is 13.5. The van der Waals surface area contributed by atoms with Gasteiger partial charge in [-0.05, 0) is 25.0 Å². The molecule has 32 heavy (non-hydrogen) atoms. The highest BCUT2D eigenvalue weighted by atomic mass is 16.6. The Hall–Kier alpha value is -1.98. The first-order valence-corrected chi connectivity index (χ1v) is 9.58. The normalized spacial score (nSPS) is 19.3. The molecule has 0 aliphatic carbocycles. The Morgan fingerprint density at radius 1 is 0.781 bits per heavy atom. The van der Waals surface area contributed by atoms with Gasteiger partial charge in [0, 0.05) is 25.3 Å². The molecule has 0 saturated carbocycles. The molecule has 0 spiro atoms. The van der Waals surface area contributed by atoms with Crippen LogP contribution in [0, 0.1) is 10.1 Å². The van der Waals surface area contributed by atoms with Crippen LogP contribution in [0.4, 0.5) is 5.69 Å². The Labute approximate surface area is 182 Å². The van der Waals surface area contributed by atoms with Crippen molar-refractivity contribution in [3.8, 4) is 5.75 Å². The second-order valence-corrected chi connectivity index (χ2v) is 6.88. The molecule has 184 valence electrons. The van der Waals surface area contributed by atoms with Crippen LogP contribution in [0.2, 0.25) is 0 Å². The topological polar surface area (TPSA) is 244 Å². The summed E-state index contributed by atoms with van der Waals surface area (Å²) in [7, 11) is 0. The molecule has 1 rings (SSSR count). The standard InChI is InChI=1S/C18H29NO13/c20-7-5-11(22)13(23)15(25)18(28)32-12(6-8-21)14(24)16(26)17(27)31-10-3-1-9(2-4-10)19(29)30/h1-4,11-18,20-28H,5-8H2/t11-,12+,13-,14-,15?,16?,17-,18-/m0/s1. The van der Waals surface area contributed by atoms with E-state index in [9.17, 15) is 45.9 Å². The van der Waals surface area contributed by atoms with E-state index in [0.717, 1.165) is 24.3 Å². The molecule has 0 heterocycles. The van der Waals surface area contributed by atoms with Gasteiger partial charge >= 0.3 is 0 Å². The fraction of sp³-hybridized carbons (Fsp3) is 0.667. The smallest absolute Gasteiger partial charge is 0.269 e. The Bertz CT molecular complexity index is 675. The number of ether oxygens (including phenoxy) is 2. The van der Waals surface area contributed by atoms with Crippen molar-refractivity contribution in [1.82, 2.24) is 0 Å². The van der Waals surface area contributed by atoms with Gasteiger partial charge in [-0.25, -0.2) is 0 Å². The summed E-state index contributed by atoms with van der Waals surface area (Å²) in [6, 6.07) is 4.44. The van der Waals surface area contributed by atoms with Crippen LogP contribution >= 0.6 is 0 Å². The number of aliphatic hydroxyl groups excluding tert-OH is 9. The Balaban J connectivity index is 2.78. The molecule has 8 atom stereocenters. The summed E-state index contributed by atoms with van der Waals surface area (Å²) in [5.74, 6) is -0.0783. The van der Waals surface area contributed by atoms with Crippen molar-refractivity contribution >= 4 is 5.69 Å². The summed E-state index contributed by atoms with van der Waals surface area (Å²) in [5, 5.41) is 98.2. The third kappa shape index (κ3) is 8.18. The number of nitrogens with zero attached hydrogens (tertiary/aromatic N) is 1. The van der Waals surface area contributed by atoms with Crippen LogP contribution < -0.4 is 4.74 Å².